The Balaban J connectivity index is 2.13. The molecule has 1 unspecified atom stereocenters. The number of benzene rings is 2. The lowest BCUT2D eigenvalue weighted by molar-refractivity contribution is -0.139. The number of nitrogens with one attached hydrogen (secondary N) is 1. The maximum Gasteiger partial charge on any atom is 0.320 e. The molecule has 0 amide bonds. The van der Waals surface area contributed by atoms with Crippen LogP contribution in [-0.4, -0.2) is 24.2 Å². The quantitative estimate of drug-likeness (QED) is 0.777. The molecule has 128 valence electrons. The Kier molecular flexibility index (Phi) is 6.14. The zero-order chi connectivity index (χ0) is 17.5. The van der Waals surface area contributed by atoms with E-state index in [-0.39, 0.29) is 12.4 Å². The summed E-state index contributed by atoms with van der Waals surface area (Å²) in [7, 11) is 1.54. The van der Waals surface area contributed by atoms with Crippen LogP contribution in [0.4, 0.5) is 4.39 Å². The van der Waals surface area contributed by atoms with Gasteiger partial charge in [0.15, 0.2) is 11.5 Å². The van der Waals surface area contributed by atoms with Crippen molar-refractivity contribution in [2.24, 2.45) is 0 Å². The lowest BCUT2D eigenvalue weighted by Crippen LogP contribution is -2.33. The number of para-hydroxylation sites is 1. The van der Waals surface area contributed by atoms with E-state index in [0.29, 0.717) is 18.0 Å². The molecule has 0 bridgehead atoms. The van der Waals surface area contributed by atoms with Crippen molar-refractivity contribution < 1.29 is 23.8 Å². The average molecular weight is 333 g/mol. The van der Waals surface area contributed by atoms with Crippen molar-refractivity contribution >= 4 is 5.97 Å². The van der Waals surface area contributed by atoms with Crippen molar-refractivity contribution in [1.82, 2.24) is 5.32 Å². The summed E-state index contributed by atoms with van der Waals surface area (Å²) in [6, 6.07) is 10.8. The van der Waals surface area contributed by atoms with E-state index in [9.17, 15) is 9.18 Å². The number of hydrogen-bond acceptors (Lipinski definition) is 4. The molecule has 6 heteroatoms. The topological polar surface area (TPSA) is 67.8 Å². The summed E-state index contributed by atoms with van der Waals surface area (Å²) < 4.78 is 24.1. The highest BCUT2D eigenvalue weighted by atomic mass is 19.1. The third-order valence-corrected chi connectivity index (χ3v) is 3.55. The van der Waals surface area contributed by atoms with Gasteiger partial charge in [-0.15, -0.1) is 0 Å². The van der Waals surface area contributed by atoms with Crippen LogP contribution >= 0.6 is 0 Å². The first-order valence-electron chi connectivity index (χ1n) is 7.50. The molecule has 2 aromatic rings. The normalized spacial score (nSPS) is 11.8. The second kappa shape index (κ2) is 8.31. The Bertz CT molecular complexity index is 688. The standard InChI is InChI=1S/C18H20FNO4/c1-12(18(21)22)20-10-14-4-3-5-16(23-2)17(14)24-11-13-6-8-15(19)9-7-13/h3-9,12,20H,10-11H2,1-2H3,(H,21,22). The molecule has 0 aliphatic rings. The number of carboxylic acid groups (broad SMARTS) is 1. The first-order chi connectivity index (χ1) is 11.5. The summed E-state index contributed by atoms with van der Waals surface area (Å²) >= 11 is 0. The molecule has 0 saturated heterocycles. The van der Waals surface area contributed by atoms with Gasteiger partial charge in [-0.3, -0.25) is 4.79 Å². The lowest BCUT2D eigenvalue weighted by atomic mass is 10.1. The minimum Gasteiger partial charge on any atom is -0.493 e. The number of hydrogen-bond donors (Lipinski definition) is 2. The monoisotopic (exact) mass is 333 g/mol. The maximum absolute atomic E-state index is 13.0. The van der Waals surface area contributed by atoms with E-state index >= 15 is 0 Å². The first kappa shape index (κ1) is 17.7. The van der Waals surface area contributed by atoms with Crippen molar-refractivity contribution in [3.8, 4) is 11.5 Å². The van der Waals surface area contributed by atoms with Gasteiger partial charge in [-0.25, -0.2) is 4.39 Å². The van der Waals surface area contributed by atoms with Crippen LogP contribution in [0.25, 0.3) is 0 Å². The summed E-state index contributed by atoms with van der Waals surface area (Å²) in [6.07, 6.45) is 0. The van der Waals surface area contributed by atoms with E-state index in [0.717, 1.165) is 11.1 Å². The van der Waals surface area contributed by atoms with Gasteiger partial charge in [0.2, 0.25) is 0 Å². The predicted molar refractivity (Wildman–Crippen MR) is 87.7 cm³/mol. The molecule has 0 aliphatic carbocycles. The van der Waals surface area contributed by atoms with Crippen LogP contribution in [-0.2, 0) is 17.9 Å². The Morgan fingerprint density at radius 1 is 1.25 bits per heavy atom. The van der Waals surface area contributed by atoms with E-state index < -0.39 is 12.0 Å². The summed E-state index contributed by atoms with van der Waals surface area (Å²) in [5.41, 5.74) is 1.60. The predicted octanol–water partition coefficient (Wildman–Crippen LogP) is 2.98. The third kappa shape index (κ3) is 4.70. The third-order valence-electron chi connectivity index (χ3n) is 3.55. The largest absolute Gasteiger partial charge is 0.493 e. The van der Waals surface area contributed by atoms with Crippen LogP contribution in [0.15, 0.2) is 42.5 Å². The molecule has 5 nitrogen and oxygen atoms in total. The fourth-order valence-electron chi connectivity index (χ4n) is 2.11. The van der Waals surface area contributed by atoms with Gasteiger partial charge in [0.25, 0.3) is 0 Å². The smallest absolute Gasteiger partial charge is 0.320 e. The fraction of sp³-hybridized carbons (Fsp3) is 0.278. The van der Waals surface area contributed by atoms with Crippen LogP contribution in [0.1, 0.15) is 18.1 Å². The molecule has 1 atom stereocenters. The highest BCUT2D eigenvalue weighted by Crippen LogP contribution is 2.31. The number of ether oxygens (including phenoxy) is 2. The molecule has 0 aromatic heterocycles. The van der Waals surface area contributed by atoms with Gasteiger partial charge < -0.3 is 19.9 Å². The molecule has 24 heavy (non-hydrogen) atoms. The van der Waals surface area contributed by atoms with Crippen LogP contribution in [0.2, 0.25) is 0 Å². The van der Waals surface area contributed by atoms with Gasteiger partial charge in [0, 0.05) is 12.1 Å². The SMILES string of the molecule is COc1cccc(CNC(C)C(=O)O)c1OCc1ccc(F)cc1. The molecular formula is C18H20FNO4. The fourth-order valence-corrected chi connectivity index (χ4v) is 2.11. The molecule has 0 radical (unpaired) electrons. The number of carboxylic acids is 1. The number of carbonyl (C=O) groups is 1. The molecule has 2 N–H and O–H groups in total. The molecule has 0 aliphatic heterocycles. The number of methoxy groups -OCH3 is 1. The van der Waals surface area contributed by atoms with Crippen LogP contribution in [0.5, 0.6) is 11.5 Å². The summed E-state index contributed by atoms with van der Waals surface area (Å²) in [6.45, 7) is 2.15. The molecular weight excluding hydrogens is 313 g/mol. The summed E-state index contributed by atoms with van der Waals surface area (Å²) in [5, 5.41) is 11.9. The maximum atomic E-state index is 13.0. The van der Waals surface area contributed by atoms with Crippen molar-refractivity contribution in [3.63, 3.8) is 0 Å². The lowest BCUT2D eigenvalue weighted by Gasteiger charge is -2.16. The second-order valence-electron chi connectivity index (χ2n) is 5.30. The average Bonchev–Trinajstić information content (AvgIpc) is 2.59. The minimum atomic E-state index is -0.924. The Morgan fingerprint density at radius 2 is 1.96 bits per heavy atom. The molecule has 2 rings (SSSR count). The second-order valence-corrected chi connectivity index (χ2v) is 5.30. The van der Waals surface area contributed by atoms with Crippen LogP contribution in [0, 0.1) is 5.82 Å². The highest BCUT2D eigenvalue weighted by Gasteiger charge is 2.14. The van der Waals surface area contributed by atoms with Crippen LogP contribution < -0.4 is 14.8 Å². The van der Waals surface area contributed by atoms with Gasteiger partial charge in [0.1, 0.15) is 18.5 Å². The summed E-state index contributed by atoms with van der Waals surface area (Å²) in [4.78, 5) is 10.9. The number of aliphatic carboxylic acids is 1. The Morgan fingerprint density at radius 3 is 2.58 bits per heavy atom. The van der Waals surface area contributed by atoms with Gasteiger partial charge in [-0.1, -0.05) is 24.3 Å². The van der Waals surface area contributed by atoms with E-state index in [2.05, 4.69) is 5.32 Å². The van der Waals surface area contributed by atoms with E-state index in [1.165, 1.54) is 19.2 Å². The van der Waals surface area contributed by atoms with Crippen LogP contribution in [0.3, 0.4) is 0 Å². The molecule has 0 heterocycles. The van der Waals surface area contributed by atoms with Gasteiger partial charge in [0.05, 0.1) is 7.11 Å². The first-order valence-corrected chi connectivity index (χ1v) is 7.50. The summed E-state index contributed by atoms with van der Waals surface area (Å²) in [5.74, 6) is -0.135. The van der Waals surface area contributed by atoms with Gasteiger partial charge in [-0.2, -0.15) is 0 Å². The van der Waals surface area contributed by atoms with Crippen molar-refractivity contribution in [1.29, 1.82) is 0 Å². The molecule has 2 aromatic carbocycles. The Hall–Kier alpha value is -2.60. The van der Waals surface area contributed by atoms with Gasteiger partial charge in [-0.05, 0) is 30.7 Å². The number of rotatable bonds is 8. The molecule has 0 spiro atoms. The van der Waals surface area contributed by atoms with Crippen molar-refractivity contribution in [3.05, 3.63) is 59.4 Å². The van der Waals surface area contributed by atoms with Crippen molar-refractivity contribution in [2.75, 3.05) is 7.11 Å². The number of halogens is 1. The highest BCUT2D eigenvalue weighted by molar-refractivity contribution is 5.72. The van der Waals surface area contributed by atoms with E-state index in [1.807, 2.05) is 12.1 Å². The molecule has 0 fully saturated rings. The zero-order valence-electron chi connectivity index (χ0n) is 13.6. The minimum absolute atomic E-state index is 0.252. The van der Waals surface area contributed by atoms with Crippen molar-refractivity contribution in [2.45, 2.75) is 26.1 Å². The Labute approximate surface area is 140 Å². The zero-order valence-corrected chi connectivity index (χ0v) is 13.6. The molecule has 0 saturated carbocycles. The van der Waals surface area contributed by atoms with E-state index in [1.54, 1.807) is 25.1 Å². The van der Waals surface area contributed by atoms with Gasteiger partial charge >= 0.3 is 5.97 Å². The van der Waals surface area contributed by atoms with E-state index in [4.69, 9.17) is 14.6 Å².